The molecule has 1 fully saturated rings. The van der Waals surface area contributed by atoms with E-state index < -0.39 is 0 Å². The van der Waals surface area contributed by atoms with Gasteiger partial charge in [-0.15, -0.1) is 11.3 Å². The summed E-state index contributed by atoms with van der Waals surface area (Å²) in [6, 6.07) is 2.13. The molecule has 34 heavy (non-hydrogen) atoms. The molecule has 1 aliphatic heterocycles. The monoisotopic (exact) mass is 480 g/mol. The highest BCUT2D eigenvalue weighted by molar-refractivity contribution is 7.19. The van der Waals surface area contributed by atoms with Crippen LogP contribution in [0.5, 0.6) is 0 Å². The molecule has 3 aromatic heterocycles. The topological polar surface area (TPSA) is 90.6 Å². The minimum Gasteiger partial charge on any atom is -0.390 e. The molecule has 1 saturated heterocycles. The van der Waals surface area contributed by atoms with Crippen LogP contribution >= 0.6 is 11.3 Å². The lowest BCUT2D eigenvalue weighted by atomic mass is 9.90. The summed E-state index contributed by atoms with van der Waals surface area (Å²) in [6.45, 7) is 11.0. The van der Waals surface area contributed by atoms with Crippen LogP contribution in [-0.4, -0.2) is 65.7 Å². The van der Waals surface area contributed by atoms with Gasteiger partial charge in [0.15, 0.2) is 5.82 Å². The maximum absolute atomic E-state index is 12.5. The predicted octanol–water partition coefficient (Wildman–Crippen LogP) is 4.92. The van der Waals surface area contributed by atoms with Gasteiger partial charge in [-0.3, -0.25) is 4.79 Å². The molecule has 8 heteroatoms. The van der Waals surface area contributed by atoms with Crippen LogP contribution in [0, 0.1) is 13.8 Å². The Balaban J connectivity index is 1.64. The zero-order valence-electron chi connectivity index (χ0n) is 21.1. The van der Waals surface area contributed by atoms with Gasteiger partial charge in [0.2, 0.25) is 5.91 Å². The lowest BCUT2D eigenvalue weighted by molar-refractivity contribution is -0.132. The number of rotatable bonds is 6. The number of carbonyl (C=O) groups excluding carboxylic acids is 1. The van der Waals surface area contributed by atoms with E-state index in [2.05, 4.69) is 41.8 Å². The number of aliphatic imine (C=N–C) groups is 1. The minimum atomic E-state index is 0.234. The number of nitrogens with two attached hydrogens (primary N) is 1. The molecule has 0 spiro atoms. The summed E-state index contributed by atoms with van der Waals surface area (Å²) in [4.78, 5) is 31.5. The summed E-state index contributed by atoms with van der Waals surface area (Å²) in [5, 5.41) is 1.36. The summed E-state index contributed by atoms with van der Waals surface area (Å²) < 4.78 is 0. The van der Waals surface area contributed by atoms with Gasteiger partial charge in [0, 0.05) is 35.1 Å². The summed E-state index contributed by atoms with van der Waals surface area (Å²) in [5.74, 6) is 1.77. The van der Waals surface area contributed by atoms with E-state index in [4.69, 9.17) is 5.73 Å². The van der Waals surface area contributed by atoms with E-state index in [9.17, 15) is 4.79 Å². The molecular weight excluding hydrogens is 444 g/mol. The average molecular weight is 481 g/mol. The van der Waals surface area contributed by atoms with Crippen molar-refractivity contribution < 1.29 is 4.79 Å². The summed E-state index contributed by atoms with van der Waals surface area (Å²) in [6.07, 6.45) is 5.22. The van der Waals surface area contributed by atoms with Gasteiger partial charge in [0.1, 0.15) is 4.83 Å². The number of likely N-dealkylation sites (N-methyl/N-ethyl adjacent to an activating group) is 1. The number of hydrogen-bond acceptors (Lipinski definition) is 5. The predicted molar refractivity (Wildman–Crippen MR) is 142 cm³/mol. The van der Waals surface area contributed by atoms with Crippen LogP contribution in [-0.2, 0) is 4.79 Å². The Morgan fingerprint density at radius 1 is 1.35 bits per heavy atom. The molecule has 0 saturated carbocycles. The molecular formula is C26H36N6OS. The summed E-state index contributed by atoms with van der Waals surface area (Å²) in [7, 11) is 3.89. The number of piperidine rings is 1. The highest BCUT2D eigenvalue weighted by atomic mass is 32.1. The fraction of sp³-hybridized carbons (Fsp3) is 0.500. The third kappa shape index (κ3) is 4.61. The van der Waals surface area contributed by atoms with E-state index in [1.165, 1.54) is 32.6 Å². The Kier molecular flexibility index (Phi) is 7.09. The van der Waals surface area contributed by atoms with E-state index in [0.717, 1.165) is 42.8 Å². The number of pyridine rings is 1. The van der Waals surface area contributed by atoms with Crippen molar-refractivity contribution in [3.63, 3.8) is 0 Å². The molecule has 4 rings (SSSR count). The van der Waals surface area contributed by atoms with E-state index in [1.807, 2.05) is 48.4 Å². The Bertz CT molecular complexity index is 1210. The first-order valence-electron chi connectivity index (χ1n) is 12.0. The number of thiophene rings is 1. The quantitative estimate of drug-likeness (QED) is 0.387. The van der Waals surface area contributed by atoms with Crippen LogP contribution in [0.2, 0.25) is 0 Å². The lowest BCUT2D eigenvalue weighted by Crippen LogP contribution is -2.42. The molecule has 3 N–H and O–H groups in total. The van der Waals surface area contributed by atoms with Crippen LogP contribution in [0.15, 0.2) is 17.3 Å². The molecule has 1 aliphatic rings. The molecule has 182 valence electrons. The number of H-pyrrole nitrogens is 1. The Morgan fingerprint density at radius 3 is 2.65 bits per heavy atom. The molecule has 0 radical (unpaired) electrons. The van der Waals surface area contributed by atoms with Gasteiger partial charge >= 0.3 is 0 Å². The number of amides is 1. The first-order valence-corrected chi connectivity index (χ1v) is 12.8. The second-order valence-corrected chi connectivity index (χ2v) is 11.0. The van der Waals surface area contributed by atoms with Crippen molar-refractivity contribution in [3.05, 3.63) is 33.8 Å². The molecule has 0 atom stereocenters. The fourth-order valence-corrected chi connectivity index (χ4v) is 6.51. The van der Waals surface area contributed by atoms with Crippen LogP contribution in [0.1, 0.15) is 60.1 Å². The van der Waals surface area contributed by atoms with Crippen molar-refractivity contribution in [1.82, 2.24) is 19.8 Å². The number of aromatic nitrogens is 2. The van der Waals surface area contributed by atoms with E-state index >= 15 is 0 Å². The number of likely N-dealkylation sites (tertiary alicyclic amines) is 1. The zero-order chi connectivity index (χ0) is 24.6. The number of aryl methyl sites for hydroxylation is 2. The van der Waals surface area contributed by atoms with Crippen molar-refractivity contribution in [3.8, 4) is 11.3 Å². The number of nitrogens with one attached hydrogen (secondary N) is 1. The third-order valence-electron chi connectivity index (χ3n) is 6.74. The normalized spacial score (nSPS) is 15.5. The number of carbonyl (C=O) groups is 1. The van der Waals surface area contributed by atoms with Gasteiger partial charge in [0.25, 0.3) is 0 Å². The van der Waals surface area contributed by atoms with Gasteiger partial charge < -0.3 is 20.5 Å². The molecule has 3 aromatic rings. The molecule has 1 amide bonds. The first kappa shape index (κ1) is 24.4. The number of nitrogens with zero attached hydrogens (tertiary/aromatic N) is 4. The van der Waals surface area contributed by atoms with Crippen molar-refractivity contribution in [2.75, 3.05) is 33.7 Å². The average Bonchev–Trinajstić information content (AvgIpc) is 3.32. The Hall–Kier alpha value is -2.71. The van der Waals surface area contributed by atoms with E-state index in [-0.39, 0.29) is 5.91 Å². The summed E-state index contributed by atoms with van der Waals surface area (Å²) in [5.41, 5.74) is 11.4. The Labute approximate surface area is 206 Å². The van der Waals surface area contributed by atoms with Gasteiger partial charge in [0.05, 0.1) is 18.6 Å². The second-order valence-electron chi connectivity index (χ2n) is 9.90. The number of fused-ring (bicyclic) bond motifs is 1. The third-order valence-corrected chi connectivity index (χ3v) is 8.11. The van der Waals surface area contributed by atoms with E-state index in [0.29, 0.717) is 24.2 Å². The second kappa shape index (κ2) is 9.88. The van der Waals surface area contributed by atoms with Crippen molar-refractivity contribution in [1.29, 1.82) is 0 Å². The van der Waals surface area contributed by atoms with Crippen LogP contribution in [0.3, 0.4) is 0 Å². The molecule has 0 unspecified atom stereocenters. The van der Waals surface area contributed by atoms with Crippen molar-refractivity contribution >= 4 is 39.6 Å². The standard InChI is InChI=1S/C26H36N6OS/c1-15(2)21-22-17(4)24(18-7-9-32(10-8-18)20(33)13-31(5)6)34-26(22)30-23(21)19-11-16(3)25(28-12-19)29-14-27/h11-12,14-15,18,30H,7-10,13H2,1-6H3,(H2,27,28,29). The van der Waals surface area contributed by atoms with Gasteiger partial charge in [-0.2, -0.15) is 0 Å². The fourth-order valence-electron chi connectivity index (χ4n) is 5.12. The Morgan fingerprint density at radius 2 is 2.06 bits per heavy atom. The number of aromatic amines is 1. The van der Waals surface area contributed by atoms with Crippen molar-refractivity contribution in [2.24, 2.45) is 10.7 Å². The molecule has 0 bridgehead atoms. The van der Waals surface area contributed by atoms with Crippen LogP contribution in [0.4, 0.5) is 5.82 Å². The van der Waals surface area contributed by atoms with Crippen LogP contribution < -0.4 is 5.73 Å². The van der Waals surface area contributed by atoms with Crippen LogP contribution in [0.25, 0.3) is 21.5 Å². The maximum Gasteiger partial charge on any atom is 0.236 e. The molecule has 0 aromatic carbocycles. The minimum absolute atomic E-state index is 0.234. The maximum atomic E-state index is 12.5. The lowest BCUT2D eigenvalue weighted by Gasteiger charge is -2.32. The van der Waals surface area contributed by atoms with Gasteiger partial charge in [-0.25, -0.2) is 9.98 Å². The largest absolute Gasteiger partial charge is 0.390 e. The first-order chi connectivity index (χ1) is 16.2. The molecule has 0 aliphatic carbocycles. The van der Waals surface area contributed by atoms with E-state index in [1.54, 1.807) is 0 Å². The highest BCUT2D eigenvalue weighted by Gasteiger charge is 2.29. The van der Waals surface area contributed by atoms with Gasteiger partial charge in [-0.05, 0) is 75.4 Å². The zero-order valence-corrected chi connectivity index (χ0v) is 21.9. The van der Waals surface area contributed by atoms with Crippen molar-refractivity contribution in [2.45, 2.75) is 52.4 Å². The summed E-state index contributed by atoms with van der Waals surface area (Å²) >= 11 is 1.89. The number of hydrogen-bond donors (Lipinski definition) is 2. The molecule has 4 heterocycles. The SMILES string of the molecule is Cc1cc(-c2[nH]c3sc(C4CCN(C(=O)CN(C)C)CC4)c(C)c3c2C(C)C)cnc1N=CN. The molecule has 7 nitrogen and oxygen atoms in total. The van der Waals surface area contributed by atoms with Gasteiger partial charge in [-0.1, -0.05) is 13.8 Å². The highest BCUT2D eigenvalue weighted by Crippen LogP contribution is 2.46. The smallest absolute Gasteiger partial charge is 0.236 e.